The van der Waals surface area contributed by atoms with Crippen molar-refractivity contribution >= 4 is 0 Å². The molecule has 1 aliphatic heterocycles. The molecule has 0 unspecified atom stereocenters. The Hall–Kier alpha value is -0.860. The summed E-state index contributed by atoms with van der Waals surface area (Å²) in [5, 5.41) is 0. The molecule has 1 heterocycles. The monoisotopic (exact) mass is 289 g/mol. The number of morpholine rings is 1. The fourth-order valence-electron chi connectivity index (χ4n) is 3.06. The van der Waals surface area contributed by atoms with Gasteiger partial charge in [0.2, 0.25) is 0 Å². The van der Waals surface area contributed by atoms with Gasteiger partial charge >= 0.3 is 0 Å². The first-order chi connectivity index (χ1) is 10.1. The number of hydrogen-bond acceptors (Lipinski definition) is 2. The first-order valence-electron chi connectivity index (χ1n) is 8.50. The van der Waals surface area contributed by atoms with Crippen LogP contribution in [0.3, 0.4) is 0 Å². The zero-order valence-corrected chi connectivity index (χ0v) is 14.2. The molecule has 0 spiro atoms. The van der Waals surface area contributed by atoms with Crippen molar-refractivity contribution in [2.45, 2.75) is 52.4 Å². The third-order valence-corrected chi connectivity index (χ3v) is 4.48. The molecule has 118 valence electrons. The lowest BCUT2D eigenvalue weighted by Crippen LogP contribution is -2.36. The molecule has 0 saturated carbocycles. The zero-order valence-electron chi connectivity index (χ0n) is 14.2. The van der Waals surface area contributed by atoms with Gasteiger partial charge in [-0.2, -0.15) is 0 Å². The Morgan fingerprint density at radius 3 is 2.38 bits per heavy atom. The van der Waals surface area contributed by atoms with Crippen molar-refractivity contribution in [2.24, 2.45) is 0 Å². The number of rotatable bonds is 6. The summed E-state index contributed by atoms with van der Waals surface area (Å²) in [7, 11) is 0. The van der Waals surface area contributed by atoms with E-state index in [1.165, 1.54) is 24.9 Å². The highest BCUT2D eigenvalue weighted by molar-refractivity contribution is 5.35. The predicted octanol–water partition coefficient (Wildman–Crippen LogP) is 4.20. The van der Waals surface area contributed by atoms with Gasteiger partial charge in [0, 0.05) is 13.1 Å². The minimum atomic E-state index is 0.613. The van der Waals surface area contributed by atoms with Crippen LogP contribution in [0.4, 0.5) is 0 Å². The van der Waals surface area contributed by atoms with E-state index >= 15 is 0 Å². The van der Waals surface area contributed by atoms with Gasteiger partial charge in [0.05, 0.1) is 13.2 Å². The zero-order chi connectivity index (χ0) is 15.2. The summed E-state index contributed by atoms with van der Waals surface area (Å²) in [6.07, 6.45) is 2.45. The molecule has 2 nitrogen and oxygen atoms in total. The fraction of sp³-hybridized carbons (Fsp3) is 0.684. The van der Waals surface area contributed by atoms with Gasteiger partial charge in [-0.05, 0) is 47.9 Å². The van der Waals surface area contributed by atoms with Crippen LogP contribution in [0.1, 0.15) is 62.6 Å². The average molecular weight is 289 g/mol. The molecule has 1 saturated heterocycles. The third-order valence-electron chi connectivity index (χ3n) is 4.48. The normalized spacial score (nSPS) is 16.9. The molecule has 0 aromatic heterocycles. The van der Waals surface area contributed by atoms with Gasteiger partial charge in [-0.3, -0.25) is 4.90 Å². The summed E-state index contributed by atoms with van der Waals surface area (Å²) in [5.41, 5.74) is 4.56. The van der Waals surface area contributed by atoms with Crippen LogP contribution in [0.25, 0.3) is 0 Å². The van der Waals surface area contributed by atoms with Crippen molar-refractivity contribution in [2.75, 3.05) is 32.8 Å². The van der Waals surface area contributed by atoms with Crippen LogP contribution >= 0.6 is 0 Å². The molecular weight excluding hydrogens is 258 g/mol. The van der Waals surface area contributed by atoms with Crippen LogP contribution in [0.5, 0.6) is 0 Å². The molecular formula is C19H31NO. The molecule has 0 radical (unpaired) electrons. The summed E-state index contributed by atoms with van der Waals surface area (Å²) in [6, 6.07) is 7.12. The molecule has 0 bridgehead atoms. The summed E-state index contributed by atoms with van der Waals surface area (Å²) in [6.45, 7) is 14.4. The summed E-state index contributed by atoms with van der Waals surface area (Å²) in [5.74, 6) is 1.23. The molecule has 1 aliphatic rings. The Morgan fingerprint density at radius 2 is 1.76 bits per heavy atom. The van der Waals surface area contributed by atoms with Gasteiger partial charge < -0.3 is 4.74 Å². The highest BCUT2D eigenvalue weighted by Crippen LogP contribution is 2.25. The second-order valence-electron chi connectivity index (χ2n) is 6.83. The van der Waals surface area contributed by atoms with E-state index < -0.39 is 0 Å². The highest BCUT2D eigenvalue weighted by atomic mass is 16.5. The maximum absolute atomic E-state index is 5.41. The molecule has 2 heteroatoms. The van der Waals surface area contributed by atoms with Crippen LogP contribution in [0.2, 0.25) is 0 Å². The van der Waals surface area contributed by atoms with E-state index in [4.69, 9.17) is 4.74 Å². The minimum absolute atomic E-state index is 0.613. The topological polar surface area (TPSA) is 12.5 Å². The van der Waals surface area contributed by atoms with Gasteiger partial charge in [0.1, 0.15) is 0 Å². The van der Waals surface area contributed by atoms with E-state index in [-0.39, 0.29) is 0 Å². The lowest BCUT2D eigenvalue weighted by Gasteiger charge is -2.26. The van der Waals surface area contributed by atoms with E-state index in [0.717, 1.165) is 26.3 Å². The van der Waals surface area contributed by atoms with E-state index in [1.807, 2.05) is 0 Å². The van der Waals surface area contributed by atoms with Crippen LogP contribution in [-0.2, 0) is 11.2 Å². The van der Waals surface area contributed by atoms with Gasteiger partial charge in [-0.25, -0.2) is 0 Å². The van der Waals surface area contributed by atoms with Crippen molar-refractivity contribution in [1.82, 2.24) is 4.90 Å². The number of benzene rings is 1. The largest absolute Gasteiger partial charge is 0.379 e. The van der Waals surface area contributed by atoms with Crippen molar-refractivity contribution < 1.29 is 4.74 Å². The molecule has 1 aromatic carbocycles. The van der Waals surface area contributed by atoms with Crippen molar-refractivity contribution in [3.05, 3.63) is 34.9 Å². The lowest BCUT2D eigenvalue weighted by molar-refractivity contribution is 0.0374. The van der Waals surface area contributed by atoms with Gasteiger partial charge in [-0.15, -0.1) is 0 Å². The second-order valence-corrected chi connectivity index (χ2v) is 6.83. The number of aryl methyl sites for hydroxylation is 1. The Kier molecular flexibility index (Phi) is 6.25. The predicted molar refractivity (Wildman–Crippen MR) is 90.2 cm³/mol. The Labute approximate surface area is 130 Å². The van der Waals surface area contributed by atoms with Crippen LogP contribution in [0.15, 0.2) is 18.2 Å². The Balaban J connectivity index is 1.95. The van der Waals surface area contributed by atoms with Crippen molar-refractivity contribution in [3.8, 4) is 0 Å². The number of nitrogens with zero attached hydrogens (tertiary/aromatic N) is 1. The SMILES string of the molecule is CC(C)c1ccc(CCCN2CCOCC2)c(C(C)C)c1. The van der Waals surface area contributed by atoms with Crippen LogP contribution in [0, 0.1) is 0 Å². The standard InChI is InChI=1S/C19H31NO/c1-15(2)18-8-7-17(19(14-18)16(3)4)6-5-9-20-10-12-21-13-11-20/h7-8,14-16H,5-6,9-13H2,1-4H3. The summed E-state index contributed by atoms with van der Waals surface area (Å²) >= 11 is 0. The lowest BCUT2D eigenvalue weighted by atomic mass is 9.90. The molecule has 1 fully saturated rings. The van der Waals surface area contributed by atoms with Crippen LogP contribution in [-0.4, -0.2) is 37.7 Å². The molecule has 21 heavy (non-hydrogen) atoms. The molecule has 2 rings (SSSR count). The summed E-state index contributed by atoms with van der Waals surface area (Å²) in [4.78, 5) is 2.53. The van der Waals surface area contributed by atoms with E-state index in [0.29, 0.717) is 11.8 Å². The average Bonchev–Trinajstić information content (AvgIpc) is 2.48. The Morgan fingerprint density at radius 1 is 1.05 bits per heavy atom. The minimum Gasteiger partial charge on any atom is -0.379 e. The molecule has 0 atom stereocenters. The van der Waals surface area contributed by atoms with Crippen molar-refractivity contribution in [3.63, 3.8) is 0 Å². The molecule has 0 N–H and O–H groups in total. The number of ether oxygens (including phenoxy) is 1. The van der Waals surface area contributed by atoms with Gasteiger partial charge in [0.15, 0.2) is 0 Å². The van der Waals surface area contributed by atoms with E-state index in [1.54, 1.807) is 11.1 Å². The Bertz CT molecular complexity index is 433. The molecule has 1 aromatic rings. The quantitative estimate of drug-likeness (QED) is 0.778. The fourth-order valence-corrected chi connectivity index (χ4v) is 3.06. The maximum atomic E-state index is 5.41. The van der Waals surface area contributed by atoms with Gasteiger partial charge in [0.25, 0.3) is 0 Å². The first kappa shape index (κ1) is 16.5. The summed E-state index contributed by atoms with van der Waals surface area (Å²) < 4.78 is 5.41. The maximum Gasteiger partial charge on any atom is 0.0594 e. The van der Waals surface area contributed by atoms with Gasteiger partial charge in [-0.1, -0.05) is 45.9 Å². The van der Waals surface area contributed by atoms with Crippen LogP contribution < -0.4 is 0 Å². The first-order valence-corrected chi connectivity index (χ1v) is 8.50. The van der Waals surface area contributed by atoms with E-state index in [9.17, 15) is 0 Å². The van der Waals surface area contributed by atoms with E-state index in [2.05, 4.69) is 50.8 Å². The molecule has 0 aliphatic carbocycles. The highest BCUT2D eigenvalue weighted by Gasteiger charge is 2.12. The molecule has 0 amide bonds. The third kappa shape index (κ3) is 4.82. The smallest absolute Gasteiger partial charge is 0.0594 e. The second kappa shape index (κ2) is 7.95. The van der Waals surface area contributed by atoms with Crippen molar-refractivity contribution in [1.29, 1.82) is 0 Å². The number of hydrogen-bond donors (Lipinski definition) is 0.